The van der Waals surface area contributed by atoms with Crippen molar-refractivity contribution in [2.75, 3.05) is 5.75 Å². The molecule has 0 radical (unpaired) electrons. The number of fused-ring (bicyclic) bond motifs is 1. The second-order valence-electron chi connectivity index (χ2n) is 4.68. The van der Waals surface area contributed by atoms with Crippen LogP contribution in [0, 0.1) is 6.92 Å². The summed E-state index contributed by atoms with van der Waals surface area (Å²) in [6, 6.07) is -0.631. The van der Waals surface area contributed by atoms with E-state index < -0.39 is 17.3 Å². The number of carboxylic acid groups (broad SMARTS) is 1. The molecule has 0 saturated carbocycles. The van der Waals surface area contributed by atoms with Crippen molar-refractivity contribution in [2.24, 2.45) is 5.73 Å². The fourth-order valence-corrected chi connectivity index (χ4v) is 4.92. The first-order chi connectivity index (χ1) is 9.91. The van der Waals surface area contributed by atoms with E-state index in [9.17, 15) is 14.7 Å². The Hall–Kier alpha value is -1.10. The van der Waals surface area contributed by atoms with Crippen LogP contribution < -0.4 is 5.73 Å². The van der Waals surface area contributed by atoms with Gasteiger partial charge in [-0.2, -0.15) is 12.6 Å². The number of hydrogen-bond donors (Lipinski definition) is 3. The molecule has 3 rings (SSSR count). The average molecular weight is 344 g/mol. The largest absolute Gasteiger partial charge is 0.477 e. The third-order valence-electron chi connectivity index (χ3n) is 3.35. The van der Waals surface area contributed by atoms with Crippen LogP contribution in [0.3, 0.4) is 0 Å². The number of carboxylic acids is 1. The number of nitrogens with zero attached hydrogens (tertiary/aromatic N) is 3. The summed E-state index contributed by atoms with van der Waals surface area (Å²) >= 11 is 7.29. The molecule has 1 saturated heterocycles. The first-order valence-electron chi connectivity index (χ1n) is 6.06. The topological polar surface area (TPSA) is 109 Å². The smallest absolute Gasteiger partial charge is 0.352 e. The number of thioether (sulfide) groups is 1. The summed E-state index contributed by atoms with van der Waals surface area (Å²) in [5.41, 5.74) is 6.25. The Bertz CT molecular complexity index is 659. The van der Waals surface area contributed by atoms with Crippen LogP contribution in [0.5, 0.6) is 0 Å². The number of amides is 1. The van der Waals surface area contributed by atoms with Crippen molar-refractivity contribution in [3.8, 4) is 0 Å². The van der Waals surface area contributed by atoms with Crippen molar-refractivity contribution >= 4 is 47.6 Å². The van der Waals surface area contributed by atoms with Crippen LogP contribution in [0.4, 0.5) is 0 Å². The van der Waals surface area contributed by atoms with Crippen LogP contribution in [0.2, 0.25) is 0 Å². The Kier molecular flexibility index (Phi) is 3.72. The second-order valence-corrected chi connectivity index (χ2v) is 7.51. The van der Waals surface area contributed by atoms with Gasteiger partial charge in [-0.15, -0.1) is 33.3 Å². The summed E-state index contributed by atoms with van der Waals surface area (Å²) in [5.74, 6) is -1.05. The molecular formula is C11H12N4O3S3. The molecule has 1 aromatic heterocycles. The minimum Gasteiger partial charge on any atom is -0.477 e. The molecule has 0 aliphatic carbocycles. The molecule has 1 aromatic rings. The maximum absolute atomic E-state index is 11.9. The molecule has 1 amide bonds. The van der Waals surface area contributed by atoms with E-state index in [2.05, 4.69) is 22.8 Å². The Balaban J connectivity index is 2.02. The Morgan fingerprint density at radius 3 is 2.86 bits per heavy atom. The average Bonchev–Trinajstić information content (AvgIpc) is 2.90. The summed E-state index contributed by atoms with van der Waals surface area (Å²) in [5, 5.41) is 18.0. The fourth-order valence-electron chi connectivity index (χ4n) is 2.32. The zero-order chi connectivity index (χ0) is 15.3. The molecule has 3 heterocycles. The highest BCUT2D eigenvalue weighted by atomic mass is 32.2. The molecule has 3 atom stereocenters. The monoisotopic (exact) mass is 344 g/mol. The number of carbonyl (C=O) groups is 2. The van der Waals surface area contributed by atoms with Crippen LogP contribution >= 0.6 is 35.7 Å². The molecule has 2 aliphatic heterocycles. The van der Waals surface area contributed by atoms with Gasteiger partial charge < -0.3 is 10.8 Å². The molecule has 0 bridgehead atoms. The maximum Gasteiger partial charge on any atom is 0.352 e. The van der Waals surface area contributed by atoms with Crippen LogP contribution in [0.1, 0.15) is 15.3 Å². The van der Waals surface area contributed by atoms with Crippen LogP contribution in [0.25, 0.3) is 0 Å². The highest BCUT2D eigenvalue weighted by Gasteiger charge is 2.52. The van der Waals surface area contributed by atoms with E-state index in [1.807, 2.05) is 6.92 Å². The predicted molar refractivity (Wildman–Crippen MR) is 82.1 cm³/mol. The van der Waals surface area contributed by atoms with Gasteiger partial charge in [-0.1, -0.05) is 0 Å². The van der Waals surface area contributed by atoms with Gasteiger partial charge in [0.2, 0.25) is 5.91 Å². The van der Waals surface area contributed by atoms with Gasteiger partial charge in [0.25, 0.3) is 0 Å². The lowest BCUT2D eigenvalue weighted by Crippen LogP contribution is -2.68. The lowest BCUT2D eigenvalue weighted by Gasteiger charge is -2.48. The van der Waals surface area contributed by atoms with Crippen LogP contribution in [0.15, 0.2) is 11.3 Å². The SMILES string of the molecule is Cc1nnc(C(S)C2=C(C(=O)O)N3C(=O)C(N)C3SC2)s1. The van der Waals surface area contributed by atoms with Crippen molar-refractivity contribution in [1.29, 1.82) is 0 Å². The Morgan fingerprint density at radius 1 is 1.57 bits per heavy atom. The number of aryl methyl sites for hydroxylation is 1. The van der Waals surface area contributed by atoms with Crippen molar-refractivity contribution in [2.45, 2.75) is 23.6 Å². The minimum atomic E-state index is -1.14. The summed E-state index contributed by atoms with van der Waals surface area (Å²) in [4.78, 5) is 24.7. The zero-order valence-electron chi connectivity index (χ0n) is 10.9. The van der Waals surface area contributed by atoms with Crippen molar-refractivity contribution in [3.05, 3.63) is 21.3 Å². The lowest BCUT2D eigenvalue weighted by atomic mass is 10.0. The molecule has 10 heteroatoms. The number of nitrogens with two attached hydrogens (primary N) is 1. The lowest BCUT2D eigenvalue weighted by molar-refractivity contribution is -0.148. The molecule has 0 spiro atoms. The van der Waals surface area contributed by atoms with Gasteiger partial charge in [0.1, 0.15) is 27.1 Å². The van der Waals surface area contributed by atoms with E-state index in [0.29, 0.717) is 16.3 Å². The summed E-state index contributed by atoms with van der Waals surface area (Å²) in [6.07, 6.45) is 0. The highest BCUT2D eigenvalue weighted by Crippen LogP contribution is 2.44. The van der Waals surface area contributed by atoms with Gasteiger partial charge in [-0.3, -0.25) is 9.69 Å². The predicted octanol–water partition coefficient (Wildman–Crippen LogP) is 0.399. The van der Waals surface area contributed by atoms with E-state index >= 15 is 0 Å². The molecule has 112 valence electrons. The van der Waals surface area contributed by atoms with Gasteiger partial charge in [-0.25, -0.2) is 4.79 Å². The van der Waals surface area contributed by atoms with E-state index in [1.54, 1.807) is 0 Å². The quantitative estimate of drug-likeness (QED) is 0.538. The third kappa shape index (κ3) is 2.26. The number of aliphatic carboxylic acids is 1. The maximum atomic E-state index is 11.9. The molecule has 3 unspecified atom stereocenters. The number of aromatic nitrogens is 2. The summed E-state index contributed by atoms with van der Waals surface area (Å²) in [7, 11) is 0. The zero-order valence-corrected chi connectivity index (χ0v) is 13.4. The normalized spacial score (nSPS) is 26.4. The Labute approximate surface area is 134 Å². The first-order valence-corrected chi connectivity index (χ1v) is 8.44. The fraction of sp³-hybridized carbons (Fsp3) is 0.455. The number of thiol groups is 1. The van der Waals surface area contributed by atoms with Gasteiger partial charge in [-0.05, 0) is 12.5 Å². The third-order valence-corrected chi connectivity index (χ3v) is 6.30. The minimum absolute atomic E-state index is 0.0155. The van der Waals surface area contributed by atoms with Crippen LogP contribution in [-0.4, -0.2) is 49.2 Å². The number of hydrogen-bond acceptors (Lipinski definition) is 8. The van der Waals surface area contributed by atoms with E-state index in [1.165, 1.54) is 28.0 Å². The van der Waals surface area contributed by atoms with Crippen LogP contribution in [-0.2, 0) is 9.59 Å². The van der Waals surface area contributed by atoms with Gasteiger partial charge in [0.15, 0.2) is 0 Å². The molecule has 7 nitrogen and oxygen atoms in total. The van der Waals surface area contributed by atoms with Gasteiger partial charge in [0.05, 0.1) is 5.25 Å². The number of rotatable bonds is 3. The number of β-lactam (4-membered cyclic amide) rings is 1. The number of carbonyl (C=O) groups excluding carboxylic acids is 1. The Morgan fingerprint density at radius 2 is 2.29 bits per heavy atom. The molecule has 0 aromatic carbocycles. The second kappa shape index (κ2) is 5.27. The summed E-state index contributed by atoms with van der Waals surface area (Å²) < 4.78 is 0. The van der Waals surface area contributed by atoms with Crippen molar-refractivity contribution in [1.82, 2.24) is 15.1 Å². The molecular weight excluding hydrogens is 332 g/mol. The molecule has 3 N–H and O–H groups in total. The van der Waals surface area contributed by atoms with Crippen molar-refractivity contribution < 1.29 is 14.7 Å². The van der Waals surface area contributed by atoms with Crippen molar-refractivity contribution in [3.63, 3.8) is 0 Å². The highest BCUT2D eigenvalue weighted by molar-refractivity contribution is 8.00. The van der Waals surface area contributed by atoms with Gasteiger partial charge >= 0.3 is 5.97 Å². The molecule has 1 fully saturated rings. The molecule has 2 aliphatic rings. The van der Waals surface area contributed by atoms with Gasteiger partial charge in [0, 0.05) is 5.75 Å². The van der Waals surface area contributed by atoms with E-state index in [0.717, 1.165) is 5.01 Å². The summed E-state index contributed by atoms with van der Waals surface area (Å²) in [6.45, 7) is 1.82. The van der Waals surface area contributed by atoms with E-state index in [-0.39, 0.29) is 17.0 Å². The molecule has 21 heavy (non-hydrogen) atoms. The van der Waals surface area contributed by atoms with E-state index in [4.69, 9.17) is 5.73 Å². The first kappa shape index (κ1) is 14.8. The standard InChI is InChI=1S/C11H12N4O3S3/c1-3-13-14-8(21-3)7(19)4-2-20-10-5(12)9(16)15(10)6(4)11(17)18/h5,7,10,19H,2,12H2,1H3,(H,17,18).